The normalized spacial score (nSPS) is 32.2. The molecule has 1 aliphatic heterocycles. The van der Waals surface area contributed by atoms with E-state index in [-0.39, 0.29) is 29.9 Å². The molecule has 254 valence electrons. The first-order chi connectivity index (χ1) is 21.5. The number of hydrogen-bond donors (Lipinski definition) is 2. The highest BCUT2D eigenvalue weighted by Crippen LogP contribution is 2.57. The second kappa shape index (κ2) is 12.7. The molecule has 0 aromatic heterocycles. The van der Waals surface area contributed by atoms with E-state index in [0.717, 1.165) is 12.8 Å². The van der Waals surface area contributed by atoms with Gasteiger partial charge in [0.1, 0.15) is 23.7 Å². The smallest absolute Gasteiger partial charge is 0.408 e. The molecule has 1 saturated heterocycles. The molecule has 46 heavy (non-hydrogen) atoms. The Morgan fingerprint density at radius 2 is 1.70 bits per heavy atom. The Morgan fingerprint density at radius 1 is 1.07 bits per heavy atom. The number of esters is 1. The van der Waals surface area contributed by atoms with Crippen LogP contribution in [0.1, 0.15) is 66.7 Å². The molecule has 3 saturated carbocycles. The van der Waals surface area contributed by atoms with Crippen molar-refractivity contribution in [1.29, 1.82) is 0 Å². The van der Waals surface area contributed by atoms with Crippen LogP contribution in [0.15, 0.2) is 33.6 Å². The van der Waals surface area contributed by atoms with Crippen molar-refractivity contribution in [1.82, 2.24) is 15.5 Å². The summed E-state index contributed by atoms with van der Waals surface area (Å²) < 4.78 is 43.3. The molecule has 1 aromatic rings. The molecule has 9 atom stereocenters. The van der Waals surface area contributed by atoms with Gasteiger partial charge in [0.25, 0.3) is 10.1 Å². The van der Waals surface area contributed by atoms with E-state index in [1.54, 1.807) is 32.9 Å². The number of alkyl carbamates (subject to hydrolysis) is 1. The molecule has 4 fully saturated rings. The maximum absolute atomic E-state index is 14.3. The first-order valence-electron chi connectivity index (χ1n) is 15.9. The van der Waals surface area contributed by atoms with Crippen LogP contribution in [-0.4, -0.2) is 80.7 Å². The summed E-state index contributed by atoms with van der Waals surface area (Å²) >= 11 is 3.28. The zero-order valence-electron chi connectivity index (χ0n) is 27.1. The number of benzene rings is 1. The van der Waals surface area contributed by atoms with Crippen LogP contribution in [-0.2, 0) is 38.2 Å². The first kappa shape index (κ1) is 34.6. The van der Waals surface area contributed by atoms with Gasteiger partial charge >= 0.3 is 12.1 Å². The van der Waals surface area contributed by atoms with Gasteiger partial charge in [0.05, 0.1) is 18.1 Å². The van der Waals surface area contributed by atoms with Crippen LogP contribution in [0.4, 0.5) is 4.79 Å². The standard InChI is InChI=1S/C32H44BrN3O9S/c1-7-18-15-32(18,29(39)43-6)35-27(37)25-14-21(45-46(41,42)22-10-8-19(33)9-11-22)16-36(25)28(38)26(31(3,4)5)34-30(40)44-20-12-23-17(2)24(23)13-20/h8-11,17-18,20-21,23-26H,7,12-16H2,1-6H3,(H,34,40)(H,35,37)/t17?,18-,20?,21+,23-,24+,25+,26-,32-/m1/s1. The molecule has 14 heteroatoms. The van der Waals surface area contributed by atoms with Gasteiger partial charge in [-0.25, -0.2) is 9.59 Å². The molecule has 4 aliphatic rings. The third-order valence-corrected chi connectivity index (χ3v) is 12.1. The lowest BCUT2D eigenvalue weighted by Gasteiger charge is -2.35. The SMILES string of the molecule is CC[C@@H]1C[C@]1(NC(=O)[C@@H]1C[C@H](OS(=O)(=O)c2ccc(Br)cc2)CN1C(=O)[C@@H](NC(=O)OC1C[C@@H]2C(C)[C@@H]2C1)C(C)(C)C)C(=O)OC. The first-order valence-corrected chi connectivity index (χ1v) is 18.1. The van der Waals surface area contributed by atoms with Crippen molar-refractivity contribution in [2.24, 2.45) is 29.1 Å². The molecule has 5 rings (SSSR count). The number of amides is 3. The number of halogens is 1. The minimum Gasteiger partial charge on any atom is -0.467 e. The zero-order chi connectivity index (χ0) is 33.8. The van der Waals surface area contributed by atoms with Crippen molar-refractivity contribution < 1.29 is 41.3 Å². The number of nitrogens with one attached hydrogen (secondary N) is 2. The lowest BCUT2D eigenvalue weighted by molar-refractivity contribution is -0.148. The van der Waals surface area contributed by atoms with E-state index in [2.05, 4.69) is 33.5 Å². The van der Waals surface area contributed by atoms with E-state index in [4.69, 9.17) is 13.7 Å². The van der Waals surface area contributed by atoms with Gasteiger partial charge in [-0.15, -0.1) is 0 Å². The second-order valence-electron chi connectivity index (χ2n) is 14.3. The van der Waals surface area contributed by atoms with Gasteiger partial charge in [0, 0.05) is 17.4 Å². The Labute approximate surface area is 278 Å². The number of likely N-dealkylation sites (tertiary alicyclic amines) is 1. The summed E-state index contributed by atoms with van der Waals surface area (Å²) in [5, 5.41) is 5.55. The van der Waals surface area contributed by atoms with E-state index < -0.39 is 63.1 Å². The summed E-state index contributed by atoms with van der Waals surface area (Å²) in [7, 11) is -3.00. The molecule has 3 aliphatic carbocycles. The number of methoxy groups -OCH3 is 1. The fraction of sp³-hybridized carbons (Fsp3) is 0.688. The van der Waals surface area contributed by atoms with Crippen LogP contribution in [0.5, 0.6) is 0 Å². The number of rotatable bonds is 10. The third-order valence-electron chi connectivity index (χ3n) is 10.2. The monoisotopic (exact) mass is 725 g/mol. The highest BCUT2D eigenvalue weighted by molar-refractivity contribution is 9.10. The van der Waals surface area contributed by atoms with E-state index in [9.17, 15) is 27.6 Å². The second-order valence-corrected chi connectivity index (χ2v) is 16.7. The van der Waals surface area contributed by atoms with Crippen molar-refractivity contribution in [2.75, 3.05) is 13.7 Å². The molecular formula is C32H44BrN3O9S. The molecule has 1 heterocycles. The van der Waals surface area contributed by atoms with Crippen LogP contribution >= 0.6 is 15.9 Å². The lowest BCUT2D eigenvalue weighted by Crippen LogP contribution is -2.59. The molecule has 12 nitrogen and oxygen atoms in total. The van der Waals surface area contributed by atoms with Crippen LogP contribution in [0, 0.1) is 29.1 Å². The topological polar surface area (TPSA) is 157 Å². The maximum Gasteiger partial charge on any atom is 0.408 e. The maximum atomic E-state index is 14.3. The highest BCUT2D eigenvalue weighted by atomic mass is 79.9. The molecule has 0 radical (unpaired) electrons. The summed E-state index contributed by atoms with van der Waals surface area (Å²) in [5.74, 6) is -0.146. The van der Waals surface area contributed by atoms with Crippen molar-refractivity contribution >= 4 is 49.9 Å². The number of carbonyl (C=O) groups is 4. The number of fused-ring (bicyclic) bond motifs is 1. The van der Waals surface area contributed by atoms with Gasteiger partial charge in [-0.2, -0.15) is 8.42 Å². The van der Waals surface area contributed by atoms with Gasteiger partial charge in [0.15, 0.2) is 0 Å². The van der Waals surface area contributed by atoms with Crippen LogP contribution in [0.25, 0.3) is 0 Å². The van der Waals surface area contributed by atoms with E-state index in [0.29, 0.717) is 35.1 Å². The predicted octanol–water partition coefficient (Wildman–Crippen LogP) is 3.77. The zero-order valence-corrected chi connectivity index (χ0v) is 29.5. The van der Waals surface area contributed by atoms with Gasteiger partial charge in [0.2, 0.25) is 11.8 Å². The van der Waals surface area contributed by atoms with Crippen LogP contribution in [0.3, 0.4) is 0 Å². The lowest BCUT2D eigenvalue weighted by atomic mass is 9.85. The Kier molecular flexibility index (Phi) is 9.57. The van der Waals surface area contributed by atoms with E-state index >= 15 is 0 Å². The Balaban J connectivity index is 1.36. The molecule has 2 N–H and O–H groups in total. The molecule has 2 unspecified atom stereocenters. The van der Waals surface area contributed by atoms with E-state index in [1.807, 2.05) is 6.92 Å². The Hall–Kier alpha value is -2.71. The summed E-state index contributed by atoms with van der Waals surface area (Å²) in [4.78, 5) is 55.1. The number of hydrogen-bond acceptors (Lipinski definition) is 9. The molecule has 3 amide bonds. The number of nitrogens with zero attached hydrogens (tertiary/aromatic N) is 1. The minimum atomic E-state index is -4.25. The third kappa shape index (κ3) is 6.94. The fourth-order valence-corrected chi connectivity index (χ4v) is 8.63. The Morgan fingerprint density at radius 3 is 2.24 bits per heavy atom. The number of carbonyl (C=O) groups excluding carboxylic acids is 4. The molecule has 1 aromatic carbocycles. The largest absolute Gasteiger partial charge is 0.467 e. The van der Waals surface area contributed by atoms with Gasteiger partial charge in [-0.3, -0.25) is 13.8 Å². The number of ether oxygens (including phenoxy) is 2. The van der Waals surface area contributed by atoms with Crippen LogP contribution < -0.4 is 10.6 Å². The van der Waals surface area contributed by atoms with Gasteiger partial charge in [-0.05, 0) is 72.6 Å². The highest BCUT2D eigenvalue weighted by Gasteiger charge is 2.62. The van der Waals surface area contributed by atoms with E-state index in [1.165, 1.54) is 24.1 Å². The summed E-state index contributed by atoms with van der Waals surface area (Å²) in [6, 6.07) is 3.63. The average Bonchev–Trinajstić information content (AvgIpc) is 3.66. The molecular weight excluding hydrogens is 682 g/mol. The Bertz CT molecular complexity index is 1470. The minimum absolute atomic E-state index is 0.0780. The fourth-order valence-electron chi connectivity index (χ4n) is 7.29. The van der Waals surface area contributed by atoms with Crippen molar-refractivity contribution in [3.63, 3.8) is 0 Å². The molecule has 0 bridgehead atoms. The summed E-state index contributed by atoms with van der Waals surface area (Å²) in [5.41, 5.74) is -2.02. The van der Waals surface area contributed by atoms with Crippen molar-refractivity contribution in [3.05, 3.63) is 28.7 Å². The summed E-state index contributed by atoms with van der Waals surface area (Å²) in [6.45, 7) is 9.20. The predicted molar refractivity (Wildman–Crippen MR) is 170 cm³/mol. The van der Waals surface area contributed by atoms with Crippen molar-refractivity contribution in [2.45, 2.75) is 101 Å². The molecule has 0 spiro atoms. The van der Waals surface area contributed by atoms with Gasteiger partial charge < -0.3 is 25.0 Å². The quantitative estimate of drug-likeness (QED) is 0.271. The van der Waals surface area contributed by atoms with Crippen LogP contribution in [0.2, 0.25) is 0 Å². The summed E-state index contributed by atoms with van der Waals surface area (Å²) in [6.07, 6.45) is 0.469. The van der Waals surface area contributed by atoms with Crippen molar-refractivity contribution in [3.8, 4) is 0 Å². The average molecular weight is 727 g/mol. The van der Waals surface area contributed by atoms with Gasteiger partial charge in [-0.1, -0.05) is 57.0 Å².